The summed E-state index contributed by atoms with van der Waals surface area (Å²) in [6, 6.07) is 7.76. The number of benzene rings is 1. The molecule has 0 spiro atoms. The van der Waals surface area contributed by atoms with Gasteiger partial charge in [-0.15, -0.1) is 0 Å². The number of carbonyl (C=O) groups is 1. The van der Waals surface area contributed by atoms with E-state index in [9.17, 15) is 4.79 Å². The van der Waals surface area contributed by atoms with E-state index in [2.05, 4.69) is 0 Å². The molecule has 0 aliphatic carbocycles. The molecule has 0 atom stereocenters. The number of ether oxygens (including phenoxy) is 2. The van der Waals surface area contributed by atoms with Gasteiger partial charge >= 0.3 is 15.3 Å². The molecule has 6 nitrogen and oxygen atoms in total. The summed E-state index contributed by atoms with van der Waals surface area (Å²) in [7, 11) is 1.26. The Morgan fingerprint density at radius 3 is 2.00 bits per heavy atom. The maximum Gasteiger partial charge on any atom is 0.356 e. The van der Waals surface area contributed by atoms with Crippen molar-refractivity contribution < 1.29 is 28.2 Å². The SMILES string of the molecule is COCCO[SiH](OCCOC)c1ccc(CCC(=O)O)cc1. The Morgan fingerprint density at radius 1 is 1.00 bits per heavy atom. The van der Waals surface area contributed by atoms with Gasteiger partial charge in [-0.25, -0.2) is 0 Å². The van der Waals surface area contributed by atoms with E-state index in [4.69, 9.17) is 23.4 Å². The summed E-state index contributed by atoms with van der Waals surface area (Å²) in [6.45, 7) is 2.02. The summed E-state index contributed by atoms with van der Waals surface area (Å²) < 4.78 is 21.6. The van der Waals surface area contributed by atoms with Crippen molar-refractivity contribution in [1.82, 2.24) is 0 Å². The molecule has 0 saturated heterocycles. The van der Waals surface area contributed by atoms with Gasteiger partial charge in [-0.05, 0) is 17.2 Å². The van der Waals surface area contributed by atoms with Crippen molar-refractivity contribution in [2.24, 2.45) is 0 Å². The molecule has 0 fully saturated rings. The number of aryl methyl sites for hydroxylation is 1. The molecule has 0 unspecified atom stereocenters. The average molecular weight is 328 g/mol. The first-order valence-electron chi connectivity index (χ1n) is 7.19. The number of methoxy groups -OCH3 is 2. The second-order valence-corrected chi connectivity index (χ2v) is 6.69. The average Bonchev–Trinajstić information content (AvgIpc) is 2.52. The van der Waals surface area contributed by atoms with Crippen LogP contribution in [0.2, 0.25) is 0 Å². The normalized spacial score (nSPS) is 11.0. The summed E-state index contributed by atoms with van der Waals surface area (Å²) in [4.78, 5) is 10.6. The molecule has 1 N–H and O–H groups in total. The number of hydrogen-bond acceptors (Lipinski definition) is 5. The van der Waals surface area contributed by atoms with Gasteiger partial charge in [0, 0.05) is 20.6 Å². The van der Waals surface area contributed by atoms with E-state index in [-0.39, 0.29) is 6.42 Å². The van der Waals surface area contributed by atoms with Crippen molar-refractivity contribution in [3.05, 3.63) is 29.8 Å². The number of carboxylic acids is 1. The van der Waals surface area contributed by atoms with Gasteiger partial charge in [0.25, 0.3) is 0 Å². The number of aliphatic carboxylic acids is 1. The van der Waals surface area contributed by atoms with Gasteiger partial charge in [0.15, 0.2) is 0 Å². The lowest BCUT2D eigenvalue weighted by molar-refractivity contribution is -0.136. The lowest BCUT2D eigenvalue weighted by Gasteiger charge is -2.17. The van der Waals surface area contributed by atoms with Crippen molar-refractivity contribution in [2.45, 2.75) is 12.8 Å². The fourth-order valence-corrected chi connectivity index (χ4v) is 3.42. The Balaban J connectivity index is 2.60. The first-order chi connectivity index (χ1) is 10.7. The highest BCUT2D eigenvalue weighted by Crippen LogP contribution is 2.03. The van der Waals surface area contributed by atoms with Crippen LogP contribution in [0.3, 0.4) is 0 Å². The molecule has 124 valence electrons. The third kappa shape index (κ3) is 7.67. The molecule has 1 rings (SSSR count). The van der Waals surface area contributed by atoms with Gasteiger partial charge in [-0.3, -0.25) is 4.79 Å². The maximum absolute atomic E-state index is 10.6. The summed E-state index contributed by atoms with van der Waals surface area (Å²) in [6.07, 6.45) is 0.659. The first-order valence-corrected chi connectivity index (χ1v) is 8.71. The van der Waals surface area contributed by atoms with Crippen molar-refractivity contribution in [3.63, 3.8) is 0 Å². The van der Waals surface area contributed by atoms with E-state index in [1.54, 1.807) is 14.2 Å². The fraction of sp³-hybridized carbons (Fsp3) is 0.533. The van der Waals surface area contributed by atoms with Gasteiger partial charge in [0.05, 0.1) is 26.4 Å². The predicted molar refractivity (Wildman–Crippen MR) is 84.8 cm³/mol. The highest BCUT2D eigenvalue weighted by Gasteiger charge is 2.16. The molecule has 0 aromatic heterocycles. The van der Waals surface area contributed by atoms with E-state index in [1.165, 1.54) is 0 Å². The monoisotopic (exact) mass is 328 g/mol. The van der Waals surface area contributed by atoms with E-state index in [1.807, 2.05) is 24.3 Å². The highest BCUT2D eigenvalue weighted by atomic mass is 28.3. The third-order valence-electron chi connectivity index (χ3n) is 2.99. The topological polar surface area (TPSA) is 74.2 Å². The minimum Gasteiger partial charge on any atom is -0.481 e. The van der Waals surface area contributed by atoms with E-state index >= 15 is 0 Å². The zero-order valence-corrected chi connectivity index (χ0v) is 14.3. The predicted octanol–water partition coefficient (Wildman–Crippen LogP) is 0.457. The Labute approximate surface area is 132 Å². The number of rotatable bonds is 12. The van der Waals surface area contributed by atoms with Gasteiger partial charge in [0.2, 0.25) is 0 Å². The van der Waals surface area contributed by atoms with Crippen LogP contribution >= 0.6 is 0 Å². The molecule has 0 radical (unpaired) electrons. The highest BCUT2D eigenvalue weighted by molar-refractivity contribution is 6.61. The van der Waals surface area contributed by atoms with Crippen molar-refractivity contribution in [1.29, 1.82) is 0 Å². The molecule has 22 heavy (non-hydrogen) atoms. The van der Waals surface area contributed by atoms with Crippen LogP contribution in [0.4, 0.5) is 0 Å². The Hall–Kier alpha value is -1.25. The van der Waals surface area contributed by atoms with E-state index in [0.29, 0.717) is 32.8 Å². The molecule has 0 saturated carbocycles. The molecule has 0 aliphatic heterocycles. The zero-order chi connectivity index (χ0) is 16.2. The Bertz CT molecular complexity index is 413. The minimum absolute atomic E-state index is 0.134. The molecular weight excluding hydrogens is 304 g/mol. The zero-order valence-electron chi connectivity index (χ0n) is 13.1. The van der Waals surface area contributed by atoms with Gasteiger partial charge in [0.1, 0.15) is 0 Å². The number of carboxylic acid groups (broad SMARTS) is 1. The second-order valence-electron chi connectivity index (χ2n) is 4.69. The molecule has 0 bridgehead atoms. The van der Waals surface area contributed by atoms with Crippen LogP contribution in [0.5, 0.6) is 0 Å². The Kier molecular flexibility index (Phi) is 9.68. The van der Waals surface area contributed by atoms with E-state index in [0.717, 1.165) is 10.8 Å². The lowest BCUT2D eigenvalue weighted by atomic mass is 10.1. The molecule has 7 heteroatoms. The lowest BCUT2D eigenvalue weighted by Crippen LogP contribution is -2.38. The van der Waals surface area contributed by atoms with Crippen LogP contribution in [-0.2, 0) is 29.5 Å². The quantitative estimate of drug-likeness (QED) is 0.444. The number of hydrogen-bond donors (Lipinski definition) is 1. The van der Waals surface area contributed by atoms with Crippen LogP contribution in [-0.4, -0.2) is 61.0 Å². The fourth-order valence-electron chi connectivity index (χ4n) is 1.81. The van der Waals surface area contributed by atoms with Crippen LogP contribution in [0, 0.1) is 0 Å². The van der Waals surface area contributed by atoms with Crippen molar-refractivity contribution in [2.75, 3.05) is 40.6 Å². The van der Waals surface area contributed by atoms with Gasteiger partial charge < -0.3 is 23.4 Å². The van der Waals surface area contributed by atoms with Crippen LogP contribution in [0.1, 0.15) is 12.0 Å². The smallest absolute Gasteiger partial charge is 0.356 e. The van der Waals surface area contributed by atoms with Crippen LogP contribution in [0.25, 0.3) is 0 Å². The molecule has 1 aromatic rings. The summed E-state index contributed by atoms with van der Waals surface area (Å²) in [5.74, 6) is -0.790. The second kappa shape index (κ2) is 11.3. The molecular formula is C15H24O6Si. The summed E-state index contributed by atoms with van der Waals surface area (Å²) in [5.41, 5.74) is 0.993. The molecule has 0 amide bonds. The molecule has 0 heterocycles. The van der Waals surface area contributed by atoms with Crippen molar-refractivity contribution >= 4 is 20.4 Å². The third-order valence-corrected chi connectivity index (χ3v) is 5.00. The van der Waals surface area contributed by atoms with E-state index < -0.39 is 15.3 Å². The standard InChI is InChI=1S/C15H24O6Si/c1-18-9-11-20-22(21-12-10-19-2)14-6-3-13(4-7-14)5-8-15(16)17/h3-4,6-7,22H,5,8-12H2,1-2H3,(H,16,17). The Morgan fingerprint density at radius 2 is 1.55 bits per heavy atom. The van der Waals surface area contributed by atoms with Gasteiger partial charge in [-0.1, -0.05) is 24.3 Å². The summed E-state index contributed by atoms with van der Waals surface area (Å²) in [5, 5.41) is 9.72. The van der Waals surface area contributed by atoms with Crippen LogP contribution < -0.4 is 5.19 Å². The first kappa shape index (κ1) is 18.8. The largest absolute Gasteiger partial charge is 0.481 e. The molecule has 1 aromatic carbocycles. The van der Waals surface area contributed by atoms with Gasteiger partial charge in [-0.2, -0.15) is 0 Å². The minimum atomic E-state index is -1.99. The molecule has 0 aliphatic rings. The van der Waals surface area contributed by atoms with Crippen LogP contribution in [0.15, 0.2) is 24.3 Å². The maximum atomic E-state index is 10.6. The van der Waals surface area contributed by atoms with Crippen molar-refractivity contribution in [3.8, 4) is 0 Å². The summed E-state index contributed by atoms with van der Waals surface area (Å²) >= 11 is 0.